The summed E-state index contributed by atoms with van der Waals surface area (Å²) in [6, 6.07) is 9.62. The number of benzene rings is 1. The Morgan fingerprint density at radius 1 is 1.23 bits per heavy atom. The third kappa shape index (κ3) is 4.20. The maximum absolute atomic E-state index is 12.6. The average Bonchev–Trinajstić information content (AvgIpc) is 3.40. The second kappa shape index (κ2) is 8.26. The molecule has 1 aromatic carbocycles. The standard InChI is InChI=1S/C23H27N5O2/c1-14(2)21(23-25-22(27-30-23)17-10-11-17)24-20(29)13-12-19-15(3)26-28(16(19)4)18-8-6-5-7-9-18/h5-9,12-14,17,21H,10-11H2,1-4H3,(H,24,29)/b13-12+. The summed E-state index contributed by atoms with van der Waals surface area (Å²) in [5.74, 6) is 1.56. The largest absolute Gasteiger partial charge is 0.340 e. The maximum Gasteiger partial charge on any atom is 0.249 e. The Hall–Kier alpha value is -3.22. The van der Waals surface area contributed by atoms with Gasteiger partial charge >= 0.3 is 0 Å². The Morgan fingerprint density at radius 2 is 1.97 bits per heavy atom. The molecule has 1 amide bonds. The SMILES string of the molecule is Cc1nn(-c2ccccc2)c(C)c1/C=C/C(=O)NC(c1nc(C2CC2)no1)C(C)C. The highest BCUT2D eigenvalue weighted by Gasteiger charge is 2.31. The molecule has 0 bridgehead atoms. The summed E-state index contributed by atoms with van der Waals surface area (Å²) in [5, 5.41) is 11.7. The van der Waals surface area contributed by atoms with Gasteiger partial charge in [-0.2, -0.15) is 10.1 Å². The third-order valence-electron chi connectivity index (χ3n) is 5.38. The van der Waals surface area contributed by atoms with E-state index in [1.807, 2.05) is 68.8 Å². The summed E-state index contributed by atoms with van der Waals surface area (Å²) < 4.78 is 7.32. The number of para-hydroxylation sites is 1. The van der Waals surface area contributed by atoms with E-state index < -0.39 is 0 Å². The van der Waals surface area contributed by atoms with Crippen molar-refractivity contribution in [2.75, 3.05) is 0 Å². The fourth-order valence-electron chi connectivity index (χ4n) is 3.47. The lowest BCUT2D eigenvalue weighted by Gasteiger charge is -2.17. The molecule has 1 aliphatic rings. The Morgan fingerprint density at radius 3 is 2.63 bits per heavy atom. The Balaban J connectivity index is 1.49. The van der Waals surface area contributed by atoms with Crippen molar-refractivity contribution < 1.29 is 9.32 Å². The van der Waals surface area contributed by atoms with Crippen molar-refractivity contribution in [1.29, 1.82) is 0 Å². The zero-order valence-electron chi connectivity index (χ0n) is 17.8. The Labute approximate surface area is 176 Å². The van der Waals surface area contributed by atoms with E-state index in [4.69, 9.17) is 4.52 Å². The highest BCUT2D eigenvalue weighted by Crippen LogP contribution is 2.38. The molecule has 1 N–H and O–H groups in total. The van der Waals surface area contributed by atoms with E-state index in [1.54, 1.807) is 6.08 Å². The van der Waals surface area contributed by atoms with Gasteiger partial charge in [-0.15, -0.1) is 0 Å². The van der Waals surface area contributed by atoms with E-state index >= 15 is 0 Å². The Bertz CT molecular complexity index is 1060. The van der Waals surface area contributed by atoms with Crippen LogP contribution in [0.25, 0.3) is 11.8 Å². The van der Waals surface area contributed by atoms with Gasteiger partial charge in [0.25, 0.3) is 0 Å². The lowest BCUT2D eigenvalue weighted by molar-refractivity contribution is -0.117. The first kappa shape index (κ1) is 20.1. The van der Waals surface area contributed by atoms with Crippen LogP contribution < -0.4 is 5.32 Å². The molecular weight excluding hydrogens is 378 g/mol. The van der Waals surface area contributed by atoms with Crippen LogP contribution >= 0.6 is 0 Å². The minimum atomic E-state index is -0.323. The number of nitrogens with zero attached hydrogens (tertiary/aromatic N) is 4. The van der Waals surface area contributed by atoms with E-state index in [0.29, 0.717) is 11.8 Å². The van der Waals surface area contributed by atoms with Crippen molar-refractivity contribution in [2.45, 2.75) is 52.5 Å². The van der Waals surface area contributed by atoms with Crippen LogP contribution in [0, 0.1) is 19.8 Å². The smallest absolute Gasteiger partial charge is 0.249 e. The molecule has 156 valence electrons. The van der Waals surface area contributed by atoms with Gasteiger partial charge in [0.1, 0.15) is 6.04 Å². The van der Waals surface area contributed by atoms with Crippen LogP contribution in [0.15, 0.2) is 40.9 Å². The van der Waals surface area contributed by atoms with Gasteiger partial charge in [0.05, 0.1) is 11.4 Å². The first-order valence-corrected chi connectivity index (χ1v) is 10.4. The van der Waals surface area contributed by atoms with Crippen LogP contribution in [0.5, 0.6) is 0 Å². The molecule has 30 heavy (non-hydrogen) atoms. The lowest BCUT2D eigenvalue weighted by Crippen LogP contribution is -2.30. The lowest BCUT2D eigenvalue weighted by atomic mass is 10.0. The average molecular weight is 406 g/mol. The van der Waals surface area contributed by atoms with E-state index in [0.717, 1.165) is 41.3 Å². The van der Waals surface area contributed by atoms with Crippen LogP contribution in [0.2, 0.25) is 0 Å². The molecule has 1 atom stereocenters. The second-order valence-corrected chi connectivity index (χ2v) is 8.16. The molecule has 0 radical (unpaired) electrons. The number of hydrogen-bond acceptors (Lipinski definition) is 5. The molecule has 7 nitrogen and oxygen atoms in total. The minimum absolute atomic E-state index is 0.124. The van der Waals surface area contributed by atoms with Crippen LogP contribution in [0.3, 0.4) is 0 Å². The zero-order valence-corrected chi connectivity index (χ0v) is 17.8. The summed E-state index contributed by atoms with van der Waals surface area (Å²) in [6.07, 6.45) is 5.57. The molecule has 1 unspecified atom stereocenters. The van der Waals surface area contributed by atoms with Gasteiger partial charge in [-0.1, -0.05) is 37.2 Å². The van der Waals surface area contributed by atoms with Gasteiger partial charge in [-0.05, 0) is 50.8 Å². The molecule has 0 spiro atoms. The summed E-state index contributed by atoms with van der Waals surface area (Å²) in [6.45, 7) is 7.99. The molecule has 0 aliphatic heterocycles. The van der Waals surface area contributed by atoms with Gasteiger partial charge < -0.3 is 9.84 Å². The van der Waals surface area contributed by atoms with Crippen LogP contribution in [-0.2, 0) is 4.79 Å². The van der Waals surface area contributed by atoms with E-state index in [1.165, 1.54) is 0 Å². The number of rotatable bonds is 7. The van der Waals surface area contributed by atoms with Gasteiger partial charge in [-0.25, -0.2) is 4.68 Å². The summed E-state index contributed by atoms with van der Waals surface area (Å²) in [7, 11) is 0. The van der Waals surface area contributed by atoms with E-state index in [2.05, 4.69) is 20.6 Å². The second-order valence-electron chi connectivity index (χ2n) is 8.16. The fourth-order valence-corrected chi connectivity index (χ4v) is 3.47. The zero-order chi connectivity index (χ0) is 21.3. The topological polar surface area (TPSA) is 85.8 Å². The predicted molar refractivity (Wildman–Crippen MR) is 114 cm³/mol. The van der Waals surface area contributed by atoms with Crippen molar-refractivity contribution >= 4 is 12.0 Å². The molecule has 2 aromatic heterocycles. The quantitative estimate of drug-likeness (QED) is 0.593. The van der Waals surface area contributed by atoms with Crippen molar-refractivity contribution in [1.82, 2.24) is 25.2 Å². The molecule has 2 heterocycles. The highest BCUT2D eigenvalue weighted by atomic mass is 16.5. The molecule has 0 saturated heterocycles. The van der Waals surface area contributed by atoms with Crippen molar-refractivity contribution in [3.05, 3.63) is 65.1 Å². The van der Waals surface area contributed by atoms with Crippen LogP contribution in [0.1, 0.15) is 67.3 Å². The highest BCUT2D eigenvalue weighted by molar-refractivity contribution is 5.92. The number of amides is 1. The van der Waals surface area contributed by atoms with E-state index in [9.17, 15) is 4.79 Å². The number of aromatic nitrogens is 4. The van der Waals surface area contributed by atoms with Crippen molar-refractivity contribution in [2.24, 2.45) is 5.92 Å². The number of nitrogens with one attached hydrogen (secondary N) is 1. The monoisotopic (exact) mass is 405 g/mol. The third-order valence-corrected chi connectivity index (χ3v) is 5.38. The van der Waals surface area contributed by atoms with Gasteiger partial charge in [0.15, 0.2) is 5.82 Å². The molecule has 1 fully saturated rings. The molecule has 1 saturated carbocycles. The molecule has 4 rings (SSSR count). The molecule has 7 heteroatoms. The summed E-state index contributed by atoms with van der Waals surface area (Å²) >= 11 is 0. The fraction of sp³-hybridized carbons (Fsp3) is 0.391. The summed E-state index contributed by atoms with van der Waals surface area (Å²) in [4.78, 5) is 17.1. The number of hydrogen-bond donors (Lipinski definition) is 1. The number of carbonyl (C=O) groups excluding carboxylic acids is 1. The first-order chi connectivity index (χ1) is 14.4. The van der Waals surface area contributed by atoms with Crippen molar-refractivity contribution in [3.63, 3.8) is 0 Å². The molecular formula is C23H27N5O2. The maximum atomic E-state index is 12.6. The van der Waals surface area contributed by atoms with Crippen LogP contribution in [0.4, 0.5) is 0 Å². The number of aryl methyl sites for hydroxylation is 1. The van der Waals surface area contributed by atoms with Gasteiger partial charge in [-0.3, -0.25) is 4.79 Å². The van der Waals surface area contributed by atoms with Gasteiger partial charge in [0.2, 0.25) is 11.8 Å². The van der Waals surface area contributed by atoms with Crippen LogP contribution in [-0.4, -0.2) is 25.8 Å². The number of carbonyl (C=O) groups is 1. The van der Waals surface area contributed by atoms with Crippen molar-refractivity contribution in [3.8, 4) is 5.69 Å². The normalized spacial score (nSPS) is 15.1. The Kier molecular flexibility index (Phi) is 5.53. The first-order valence-electron chi connectivity index (χ1n) is 10.4. The summed E-state index contributed by atoms with van der Waals surface area (Å²) in [5.41, 5.74) is 3.77. The minimum Gasteiger partial charge on any atom is -0.340 e. The predicted octanol–water partition coefficient (Wildman–Crippen LogP) is 4.28. The molecule has 3 aromatic rings. The van der Waals surface area contributed by atoms with E-state index in [-0.39, 0.29) is 17.9 Å². The molecule has 1 aliphatic carbocycles. The van der Waals surface area contributed by atoms with Gasteiger partial charge in [0, 0.05) is 23.3 Å².